The van der Waals surface area contributed by atoms with Gasteiger partial charge < -0.3 is 9.75 Å². The van der Waals surface area contributed by atoms with Crippen LogP contribution in [0.25, 0.3) is 0 Å². The zero-order valence-electron chi connectivity index (χ0n) is 5.67. The molecule has 1 aliphatic heterocycles. The van der Waals surface area contributed by atoms with Gasteiger partial charge in [-0.15, -0.1) is 0 Å². The van der Waals surface area contributed by atoms with Crippen LogP contribution >= 0.6 is 11.6 Å². The van der Waals surface area contributed by atoms with Crippen LogP contribution in [0.5, 0.6) is 0 Å². The third kappa shape index (κ3) is 1.65. The van der Waals surface area contributed by atoms with Gasteiger partial charge in [-0.1, -0.05) is 11.6 Å². The van der Waals surface area contributed by atoms with E-state index in [1.54, 1.807) is 19.4 Å². The number of ether oxygens (including phenoxy) is 1. The van der Waals surface area contributed by atoms with Crippen molar-refractivity contribution in [3.8, 4) is 0 Å². The number of methoxy groups -OCH3 is 1. The van der Waals surface area contributed by atoms with Crippen molar-refractivity contribution in [2.45, 2.75) is 0 Å². The summed E-state index contributed by atoms with van der Waals surface area (Å²) in [6, 6.07) is 0. The minimum absolute atomic E-state index is 0.550. The molecule has 0 saturated heterocycles. The number of allylic oxidation sites excluding steroid dienone is 1. The van der Waals surface area contributed by atoms with Crippen molar-refractivity contribution in [3.63, 3.8) is 0 Å². The molecular formula is C6H9ClN2O. The van der Waals surface area contributed by atoms with Gasteiger partial charge in [0.2, 0.25) is 0 Å². The fraction of sp³-hybridized carbons (Fsp3) is 0.333. The Morgan fingerprint density at radius 3 is 3.00 bits per heavy atom. The fourth-order valence-electron chi connectivity index (χ4n) is 0.732. The van der Waals surface area contributed by atoms with Crippen molar-refractivity contribution in [3.05, 3.63) is 23.1 Å². The predicted octanol–water partition coefficient (Wildman–Crippen LogP) is 0.786. The van der Waals surface area contributed by atoms with E-state index in [0.29, 0.717) is 17.3 Å². The van der Waals surface area contributed by atoms with Crippen molar-refractivity contribution in [2.75, 3.05) is 13.7 Å². The van der Waals surface area contributed by atoms with E-state index < -0.39 is 0 Å². The third-order valence-electron chi connectivity index (χ3n) is 1.16. The highest BCUT2D eigenvalue weighted by molar-refractivity contribution is 6.30. The minimum Gasteiger partial charge on any atom is -0.495 e. The molecule has 1 rings (SSSR count). The zero-order valence-corrected chi connectivity index (χ0v) is 6.43. The van der Waals surface area contributed by atoms with Crippen LogP contribution in [0.1, 0.15) is 0 Å². The van der Waals surface area contributed by atoms with Crippen LogP contribution in [0.2, 0.25) is 0 Å². The molecule has 0 saturated carbocycles. The summed E-state index contributed by atoms with van der Waals surface area (Å²) >= 11 is 5.70. The molecule has 0 amide bonds. The molecule has 1 heterocycles. The maximum atomic E-state index is 5.70. The largest absolute Gasteiger partial charge is 0.495 e. The van der Waals surface area contributed by atoms with Gasteiger partial charge in [-0.05, 0) is 6.08 Å². The molecule has 0 aromatic carbocycles. The van der Waals surface area contributed by atoms with Gasteiger partial charge in [0.15, 0.2) is 0 Å². The van der Waals surface area contributed by atoms with Gasteiger partial charge in [-0.2, -0.15) is 0 Å². The lowest BCUT2D eigenvalue weighted by atomic mass is 10.3. The summed E-state index contributed by atoms with van der Waals surface area (Å²) in [6.45, 7) is 0.550. The van der Waals surface area contributed by atoms with Crippen LogP contribution in [-0.2, 0) is 4.74 Å². The summed E-state index contributed by atoms with van der Waals surface area (Å²) in [5.41, 5.74) is 0. The fourth-order valence-corrected chi connectivity index (χ4v) is 0.978. The van der Waals surface area contributed by atoms with E-state index >= 15 is 0 Å². The first-order valence-electron chi connectivity index (χ1n) is 2.85. The Balaban J connectivity index is 2.72. The molecule has 0 spiro atoms. The Bertz CT molecular complexity index is 188. The van der Waals surface area contributed by atoms with E-state index in [0.717, 1.165) is 0 Å². The lowest BCUT2D eigenvalue weighted by Crippen LogP contribution is -2.28. The van der Waals surface area contributed by atoms with E-state index in [1.165, 1.54) is 5.01 Å². The van der Waals surface area contributed by atoms with Crippen molar-refractivity contribution < 1.29 is 4.74 Å². The average Bonchev–Trinajstić information content (AvgIpc) is 1.85. The maximum absolute atomic E-state index is 5.70. The van der Waals surface area contributed by atoms with E-state index in [4.69, 9.17) is 22.2 Å². The van der Waals surface area contributed by atoms with Crippen LogP contribution in [0.3, 0.4) is 0 Å². The smallest absolute Gasteiger partial charge is 0.137 e. The number of hydrazine groups is 1. The van der Waals surface area contributed by atoms with Crippen molar-refractivity contribution in [1.29, 1.82) is 0 Å². The highest BCUT2D eigenvalue weighted by Crippen LogP contribution is 2.13. The van der Waals surface area contributed by atoms with Crippen molar-refractivity contribution in [2.24, 2.45) is 5.84 Å². The molecule has 0 fully saturated rings. The third-order valence-corrected chi connectivity index (χ3v) is 1.39. The van der Waals surface area contributed by atoms with Gasteiger partial charge in [0.1, 0.15) is 5.76 Å². The summed E-state index contributed by atoms with van der Waals surface area (Å²) < 4.78 is 4.91. The Labute approximate surface area is 64.7 Å². The van der Waals surface area contributed by atoms with Gasteiger partial charge in [-0.3, -0.25) is 0 Å². The van der Waals surface area contributed by atoms with Crippen LogP contribution < -0.4 is 5.84 Å². The molecular weight excluding hydrogens is 152 g/mol. The second-order valence-corrected chi connectivity index (χ2v) is 2.48. The van der Waals surface area contributed by atoms with E-state index in [1.807, 2.05) is 0 Å². The first-order valence-corrected chi connectivity index (χ1v) is 3.23. The molecule has 1 aliphatic rings. The molecule has 10 heavy (non-hydrogen) atoms. The number of hydrogen-bond donors (Lipinski definition) is 1. The van der Waals surface area contributed by atoms with Crippen LogP contribution in [0, 0.1) is 0 Å². The molecule has 0 radical (unpaired) electrons. The summed E-state index contributed by atoms with van der Waals surface area (Å²) in [4.78, 5) is 0. The lowest BCUT2D eigenvalue weighted by Gasteiger charge is -2.18. The standard InChI is InChI=1S/C6H9ClN2O/c1-10-6-2-5(7)3-9(8)4-6/h2,4H,3,8H2,1H3. The summed E-state index contributed by atoms with van der Waals surface area (Å²) in [5.74, 6) is 6.12. The number of nitrogens with two attached hydrogens (primary N) is 1. The van der Waals surface area contributed by atoms with Crippen LogP contribution in [0.15, 0.2) is 23.1 Å². The average molecular weight is 161 g/mol. The van der Waals surface area contributed by atoms with Gasteiger partial charge in [-0.25, -0.2) is 5.84 Å². The Hall–Kier alpha value is -0.670. The van der Waals surface area contributed by atoms with Crippen LogP contribution in [-0.4, -0.2) is 18.7 Å². The quantitative estimate of drug-likeness (QED) is 0.577. The second kappa shape index (κ2) is 2.94. The van der Waals surface area contributed by atoms with Crippen LogP contribution in [0.4, 0.5) is 0 Å². The molecule has 0 aromatic rings. The van der Waals surface area contributed by atoms with E-state index in [-0.39, 0.29) is 0 Å². The first-order chi connectivity index (χ1) is 4.72. The highest BCUT2D eigenvalue weighted by Gasteiger charge is 2.06. The molecule has 0 aromatic heterocycles. The van der Waals surface area contributed by atoms with Gasteiger partial charge >= 0.3 is 0 Å². The molecule has 0 unspecified atom stereocenters. The molecule has 4 heteroatoms. The number of nitrogens with zero attached hydrogens (tertiary/aromatic N) is 1. The predicted molar refractivity (Wildman–Crippen MR) is 39.9 cm³/mol. The topological polar surface area (TPSA) is 38.5 Å². The molecule has 56 valence electrons. The minimum atomic E-state index is 0.550. The Morgan fingerprint density at radius 2 is 2.50 bits per heavy atom. The first kappa shape index (κ1) is 7.44. The van der Waals surface area contributed by atoms with Gasteiger partial charge in [0.25, 0.3) is 0 Å². The molecule has 2 N–H and O–H groups in total. The zero-order chi connectivity index (χ0) is 7.56. The number of hydrogen-bond acceptors (Lipinski definition) is 3. The number of halogens is 1. The maximum Gasteiger partial charge on any atom is 0.137 e. The molecule has 0 bridgehead atoms. The monoisotopic (exact) mass is 160 g/mol. The normalized spacial score (nSPS) is 18.1. The number of rotatable bonds is 1. The van der Waals surface area contributed by atoms with Gasteiger partial charge in [0, 0.05) is 5.03 Å². The Kier molecular flexibility index (Phi) is 2.19. The molecule has 3 nitrogen and oxygen atoms in total. The molecule has 0 aliphatic carbocycles. The van der Waals surface area contributed by atoms with E-state index in [2.05, 4.69) is 0 Å². The SMILES string of the molecule is COC1=CN(N)CC(Cl)=C1. The summed E-state index contributed by atoms with van der Waals surface area (Å²) in [7, 11) is 1.58. The highest BCUT2D eigenvalue weighted by atomic mass is 35.5. The van der Waals surface area contributed by atoms with Gasteiger partial charge in [0.05, 0.1) is 19.9 Å². The van der Waals surface area contributed by atoms with Crippen molar-refractivity contribution >= 4 is 11.6 Å². The second-order valence-electron chi connectivity index (χ2n) is 2.00. The molecule has 0 atom stereocenters. The van der Waals surface area contributed by atoms with E-state index in [9.17, 15) is 0 Å². The summed E-state index contributed by atoms with van der Waals surface area (Å²) in [6.07, 6.45) is 3.43. The Morgan fingerprint density at radius 1 is 1.80 bits per heavy atom. The lowest BCUT2D eigenvalue weighted by molar-refractivity contribution is 0.283. The summed E-state index contributed by atoms with van der Waals surface area (Å²) in [5, 5.41) is 2.16. The van der Waals surface area contributed by atoms with Crippen molar-refractivity contribution in [1.82, 2.24) is 5.01 Å².